The van der Waals surface area contributed by atoms with Gasteiger partial charge in [-0.1, -0.05) is 4.49 Å². The number of aromatic nitrogens is 2. The minimum Gasteiger partial charge on any atom is -0.368 e. The lowest BCUT2D eigenvalue weighted by atomic mass is 10.2. The van der Waals surface area contributed by atoms with Gasteiger partial charge < -0.3 is 10.1 Å². The predicted molar refractivity (Wildman–Crippen MR) is 47.5 cm³/mol. The average Bonchev–Trinajstić information content (AvgIpc) is 2.74. The maximum absolute atomic E-state index is 11.4. The van der Waals surface area contributed by atoms with E-state index >= 15 is 0 Å². The van der Waals surface area contributed by atoms with E-state index in [4.69, 9.17) is 4.74 Å². The molecule has 2 heterocycles. The normalized spacial score (nSPS) is 21.7. The maximum atomic E-state index is 11.4. The highest BCUT2D eigenvalue weighted by Gasteiger charge is 2.23. The zero-order valence-corrected chi connectivity index (χ0v) is 7.71. The second-order valence-corrected chi connectivity index (χ2v) is 3.39. The van der Waals surface area contributed by atoms with Crippen molar-refractivity contribution in [1.82, 2.24) is 9.59 Å². The van der Waals surface area contributed by atoms with Crippen LogP contribution in [0.1, 0.15) is 12.8 Å². The van der Waals surface area contributed by atoms with E-state index < -0.39 is 0 Å². The van der Waals surface area contributed by atoms with E-state index in [1.54, 1.807) is 5.38 Å². The molecule has 0 spiro atoms. The number of hydrogen-bond donors (Lipinski definition) is 1. The molecule has 1 fully saturated rings. The van der Waals surface area contributed by atoms with Crippen molar-refractivity contribution in [3.05, 3.63) is 5.38 Å². The summed E-state index contributed by atoms with van der Waals surface area (Å²) in [4.78, 5) is 11.4. The van der Waals surface area contributed by atoms with Crippen LogP contribution in [0.4, 0.5) is 5.82 Å². The topological polar surface area (TPSA) is 64.1 Å². The first kappa shape index (κ1) is 8.58. The first-order chi connectivity index (χ1) is 6.36. The van der Waals surface area contributed by atoms with Crippen LogP contribution in [0, 0.1) is 0 Å². The number of nitrogens with zero attached hydrogens (tertiary/aromatic N) is 2. The Balaban J connectivity index is 1.91. The Kier molecular flexibility index (Phi) is 2.51. The van der Waals surface area contributed by atoms with Gasteiger partial charge in [-0.25, -0.2) is 0 Å². The molecule has 1 amide bonds. The van der Waals surface area contributed by atoms with Crippen molar-refractivity contribution >= 4 is 23.3 Å². The molecule has 5 nitrogen and oxygen atoms in total. The summed E-state index contributed by atoms with van der Waals surface area (Å²) in [5, 5.41) is 8.03. The van der Waals surface area contributed by atoms with E-state index in [9.17, 15) is 4.79 Å². The van der Waals surface area contributed by atoms with Gasteiger partial charge in [-0.15, -0.1) is 5.10 Å². The van der Waals surface area contributed by atoms with Crippen molar-refractivity contribution in [3.8, 4) is 0 Å². The molecule has 1 atom stereocenters. The fourth-order valence-corrected chi connectivity index (χ4v) is 1.60. The van der Waals surface area contributed by atoms with Crippen molar-refractivity contribution in [2.45, 2.75) is 18.9 Å². The van der Waals surface area contributed by atoms with Gasteiger partial charge in [-0.05, 0) is 24.4 Å². The Labute approximate surface area is 79.3 Å². The lowest BCUT2D eigenvalue weighted by molar-refractivity contribution is -0.124. The third-order valence-electron chi connectivity index (χ3n) is 1.83. The number of carbonyl (C=O) groups is 1. The second kappa shape index (κ2) is 3.80. The molecule has 1 aromatic heterocycles. The quantitative estimate of drug-likeness (QED) is 0.759. The SMILES string of the molecule is O=C(Nc1csnn1)[C@@H]1CCCO1. The second-order valence-electron chi connectivity index (χ2n) is 2.78. The van der Waals surface area contributed by atoms with E-state index in [1.807, 2.05) is 0 Å². The maximum Gasteiger partial charge on any atom is 0.254 e. The molecule has 0 unspecified atom stereocenters. The van der Waals surface area contributed by atoms with Crippen molar-refractivity contribution in [2.75, 3.05) is 11.9 Å². The van der Waals surface area contributed by atoms with Crippen LogP contribution >= 0.6 is 11.5 Å². The molecule has 13 heavy (non-hydrogen) atoms. The standard InChI is InChI=1S/C7H9N3O2S/c11-7(5-2-1-3-12-5)8-6-4-13-10-9-6/h4-5H,1-3H2,(H,8,11)/t5-/m0/s1. The lowest BCUT2D eigenvalue weighted by Gasteiger charge is -2.07. The van der Waals surface area contributed by atoms with Crippen molar-refractivity contribution in [2.24, 2.45) is 0 Å². The minimum atomic E-state index is -0.304. The Hall–Kier alpha value is -1.01. The zero-order valence-electron chi connectivity index (χ0n) is 6.90. The van der Waals surface area contributed by atoms with E-state index in [2.05, 4.69) is 14.9 Å². The monoisotopic (exact) mass is 199 g/mol. The van der Waals surface area contributed by atoms with E-state index in [1.165, 1.54) is 11.5 Å². The first-order valence-electron chi connectivity index (χ1n) is 4.06. The van der Waals surface area contributed by atoms with Crippen LogP contribution in [-0.2, 0) is 9.53 Å². The Morgan fingerprint density at radius 2 is 2.69 bits per heavy atom. The first-order valence-corrected chi connectivity index (χ1v) is 4.89. The fraction of sp³-hybridized carbons (Fsp3) is 0.571. The molecule has 1 aliphatic heterocycles. The van der Waals surface area contributed by atoms with Gasteiger partial charge in [0.25, 0.3) is 5.91 Å². The van der Waals surface area contributed by atoms with Crippen LogP contribution in [0.25, 0.3) is 0 Å². The summed E-state index contributed by atoms with van der Waals surface area (Å²) < 4.78 is 8.84. The molecule has 2 rings (SSSR count). The van der Waals surface area contributed by atoms with Crippen molar-refractivity contribution in [3.63, 3.8) is 0 Å². The zero-order chi connectivity index (χ0) is 9.10. The summed E-state index contributed by atoms with van der Waals surface area (Å²) in [6.45, 7) is 0.674. The highest BCUT2D eigenvalue weighted by Crippen LogP contribution is 2.14. The number of hydrogen-bond acceptors (Lipinski definition) is 5. The lowest BCUT2D eigenvalue weighted by Crippen LogP contribution is -2.26. The van der Waals surface area contributed by atoms with Gasteiger partial charge in [-0.2, -0.15) is 0 Å². The van der Waals surface area contributed by atoms with Gasteiger partial charge in [0.1, 0.15) is 6.10 Å². The van der Waals surface area contributed by atoms with Crippen LogP contribution < -0.4 is 5.32 Å². The van der Waals surface area contributed by atoms with Gasteiger partial charge in [0.05, 0.1) is 5.38 Å². The van der Waals surface area contributed by atoms with Gasteiger partial charge >= 0.3 is 0 Å². The summed E-state index contributed by atoms with van der Waals surface area (Å²) in [5.74, 6) is 0.385. The number of nitrogens with one attached hydrogen (secondary N) is 1. The molecular formula is C7H9N3O2S. The number of amides is 1. The minimum absolute atomic E-state index is 0.120. The molecule has 70 valence electrons. The number of ether oxygens (including phenoxy) is 1. The molecule has 0 saturated carbocycles. The highest BCUT2D eigenvalue weighted by atomic mass is 32.1. The molecule has 1 N–H and O–H groups in total. The summed E-state index contributed by atoms with van der Waals surface area (Å²) in [6.07, 6.45) is 1.44. The number of anilines is 1. The number of rotatable bonds is 2. The van der Waals surface area contributed by atoms with Gasteiger partial charge in [-0.3, -0.25) is 4.79 Å². The van der Waals surface area contributed by atoms with Crippen LogP contribution in [0.15, 0.2) is 5.38 Å². The Bertz CT molecular complexity index is 282. The fourth-order valence-electron chi connectivity index (χ4n) is 1.21. The van der Waals surface area contributed by atoms with Crippen molar-refractivity contribution < 1.29 is 9.53 Å². The third-order valence-corrected chi connectivity index (χ3v) is 2.34. The van der Waals surface area contributed by atoms with Gasteiger partial charge in [0.2, 0.25) is 0 Å². The number of carbonyl (C=O) groups excluding carboxylic acids is 1. The van der Waals surface area contributed by atoms with Crippen molar-refractivity contribution in [1.29, 1.82) is 0 Å². The molecule has 6 heteroatoms. The largest absolute Gasteiger partial charge is 0.368 e. The smallest absolute Gasteiger partial charge is 0.254 e. The van der Waals surface area contributed by atoms with Gasteiger partial charge in [0, 0.05) is 6.61 Å². The summed E-state index contributed by atoms with van der Waals surface area (Å²) in [5.41, 5.74) is 0. The molecule has 1 aliphatic rings. The molecule has 0 aromatic carbocycles. The van der Waals surface area contributed by atoms with E-state index in [-0.39, 0.29) is 12.0 Å². The molecule has 0 aliphatic carbocycles. The highest BCUT2D eigenvalue weighted by molar-refractivity contribution is 7.03. The Morgan fingerprint density at radius 3 is 3.31 bits per heavy atom. The van der Waals surface area contributed by atoms with E-state index in [0.29, 0.717) is 12.4 Å². The van der Waals surface area contributed by atoms with Crippen LogP contribution in [0.3, 0.4) is 0 Å². The molecule has 1 saturated heterocycles. The third kappa shape index (κ3) is 2.02. The predicted octanol–water partition coefficient (Wildman–Crippen LogP) is 0.656. The molecular weight excluding hydrogens is 190 g/mol. The molecule has 0 radical (unpaired) electrons. The van der Waals surface area contributed by atoms with Gasteiger partial charge in [0.15, 0.2) is 5.82 Å². The Morgan fingerprint density at radius 1 is 1.77 bits per heavy atom. The van der Waals surface area contributed by atoms with Crippen LogP contribution in [-0.4, -0.2) is 28.2 Å². The van der Waals surface area contributed by atoms with Crippen LogP contribution in [0.2, 0.25) is 0 Å². The summed E-state index contributed by atoms with van der Waals surface area (Å²) >= 11 is 1.21. The molecule has 0 bridgehead atoms. The average molecular weight is 199 g/mol. The summed E-state index contributed by atoms with van der Waals surface area (Å²) in [7, 11) is 0. The van der Waals surface area contributed by atoms with Crippen LogP contribution in [0.5, 0.6) is 0 Å². The van der Waals surface area contributed by atoms with E-state index in [0.717, 1.165) is 12.8 Å². The molecule has 1 aromatic rings. The summed E-state index contributed by atoms with van der Waals surface area (Å²) in [6, 6.07) is 0.